The van der Waals surface area contributed by atoms with Gasteiger partial charge in [-0.3, -0.25) is 0 Å². The van der Waals surface area contributed by atoms with Gasteiger partial charge in [-0.15, -0.1) is 12.1 Å². The van der Waals surface area contributed by atoms with Crippen LogP contribution in [0.4, 0.5) is 5.69 Å². The van der Waals surface area contributed by atoms with Crippen LogP contribution >= 0.6 is 7.92 Å². The van der Waals surface area contributed by atoms with Crippen LogP contribution in [0.3, 0.4) is 0 Å². The molecule has 0 unspecified atom stereocenters. The summed E-state index contributed by atoms with van der Waals surface area (Å²) >= 11 is 0. The number of para-hydroxylation sites is 1. The van der Waals surface area contributed by atoms with Crippen molar-refractivity contribution < 1.29 is 21.6 Å². The first kappa shape index (κ1) is 30.6. The summed E-state index contributed by atoms with van der Waals surface area (Å²) in [4.78, 5) is 4.57. The second-order valence-corrected chi connectivity index (χ2v) is 11.2. The van der Waals surface area contributed by atoms with Crippen molar-refractivity contribution >= 4 is 19.3 Å². The number of aliphatic imine (C=N–C) groups is 1. The van der Waals surface area contributed by atoms with Crippen LogP contribution in [0, 0.1) is 6.92 Å². The zero-order valence-corrected chi connectivity index (χ0v) is 21.9. The fourth-order valence-electron chi connectivity index (χ4n) is 2.35. The van der Waals surface area contributed by atoms with Crippen LogP contribution in [0.2, 0.25) is 0 Å². The minimum atomic E-state index is 0. The van der Waals surface area contributed by atoms with Crippen molar-refractivity contribution in [1.29, 1.82) is 0 Å². The Hall–Kier alpha value is -1.56. The minimum absolute atomic E-state index is 0. The van der Waals surface area contributed by atoms with E-state index in [1.807, 2.05) is 30.3 Å². The van der Waals surface area contributed by atoms with Gasteiger partial charge >= 0.3 is 0 Å². The second-order valence-electron chi connectivity index (χ2n) is 8.22. The summed E-state index contributed by atoms with van der Waals surface area (Å²) in [5, 5.41) is 9.42. The molecule has 0 atom stereocenters. The standard InChI is InChI=1S/C16H23NO.C7H7.C3H9P.Ni/c1-10(2)14-8-7-9-15(11(3)4)16(14)17-12(5)13(6)18;1-7-5-3-2-4-6-7;1-4(2)3;/h7-11,18H,6H2,1-5H3;2-6H,1H2;1-3H3;/q;-1;;/p+1. The normalized spacial score (nSPS) is 10.6. The van der Waals surface area contributed by atoms with Gasteiger partial charge in [0.2, 0.25) is 0 Å². The Labute approximate surface area is 196 Å². The molecule has 0 aliphatic heterocycles. The quantitative estimate of drug-likeness (QED) is 0.158. The van der Waals surface area contributed by atoms with Gasteiger partial charge in [0.15, 0.2) is 0 Å². The third-order valence-electron chi connectivity index (χ3n) is 3.88. The van der Waals surface area contributed by atoms with E-state index in [1.54, 1.807) is 6.92 Å². The number of allylic oxidation sites excluding steroid dienone is 1. The Morgan fingerprint density at radius 1 is 0.900 bits per heavy atom. The Bertz CT molecular complexity index is 739. The first-order chi connectivity index (χ1) is 13.5. The number of hydrogen-bond donors (Lipinski definition) is 1. The van der Waals surface area contributed by atoms with Crippen molar-refractivity contribution in [2.75, 3.05) is 20.0 Å². The molecule has 0 saturated heterocycles. The van der Waals surface area contributed by atoms with E-state index in [4.69, 9.17) is 0 Å². The maximum absolute atomic E-state index is 9.42. The summed E-state index contributed by atoms with van der Waals surface area (Å²) < 4.78 is 0. The van der Waals surface area contributed by atoms with E-state index in [0.717, 1.165) is 11.3 Å². The molecule has 170 valence electrons. The molecule has 2 aromatic rings. The average molecular weight is 472 g/mol. The predicted octanol–water partition coefficient (Wildman–Crippen LogP) is 8.05. The molecular formula is C26H40NNiOP. The summed E-state index contributed by atoms with van der Waals surface area (Å²) in [5.41, 5.74) is 5.05. The summed E-state index contributed by atoms with van der Waals surface area (Å²) in [6, 6.07) is 16.2. The van der Waals surface area contributed by atoms with Gasteiger partial charge in [0.25, 0.3) is 0 Å². The van der Waals surface area contributed by atoms with Crippen molar-refractivity contribution in [2.24, 2.45) is 4.99 Å². The summed E-state index contributed by atoms with van der Waals surface area (Å²) in [5.74, 6) is 0.840. The zero-order chi connectivity index (χ0) is 22.6. The molecule has 0 aliphatic carbocycles. The Morgan fingerprint density at radius 3 is 1.57 bits per heavy atom. The predicted molar refractivity (Wildman–Crippen MR) is 136 cm³/mol. The van der Waals surface area contributed by atoms with Crippen molar-refractivity contribution in [3.8, 4) is 0 Å². The molecule has 0 radical (unpaired) electrons. The molecule has 0 amide bonds. The fraction of sp³-hybridized carbons (Fsp3) is 0.385. The molecule has 2 aromatic carbocycles. The molecule has 0 fully saturated rings. The van der Waals surface area contributed by atoms with Crippen LogP contribution in [0.5, 0.6) is 0 Å². The number of aliphatic hydroxyl groups excluding tert-OH is 1. The van der Waals surface area contributed by atoms with E-state index in [0.29, 0.717) is 17.5 Å². The molecule has 30 heavy (non-hydrogen) atoms. The largest absolute Gasteiger partial charge is 0.507 e. The van der Waals surface area contributed by atoms with E-state index < -0.39 is 0 Å². The van der Waals surface area contributed by atoms with Crippen LogP contribution in [0.1, 0.15) is 63.1 Å². The maximum atomic E-state index is 9.42. The van der Waals surface area contributed by atoms with Gasteiger partial charge in [-0.1, -0.05) is 58.5 Å². The van der Waals surface area contributed by atoms with E-state index in [-0.39, 0.29) is 30.2 Å². The van der Waals surface area contributed by atoms with Crippen LogP contribution in [0.25, 0.3) is 0 Å². The smallest absolute Gasteiger partial charge is 0.129 e. The molecule has 2 rings (SSSR count). The molecule has 0 spiro atoms. The van der Waals surface area contributed by atoms with E-state index in [1.165, 1.54) is 11.1 Å². The van der Waals surface area contributed by atoms with Gasteiger partial charge in [0.1, 0.15) is 5.76 Å². The average Bonchev–Trinajstić information content (AvgIpc) is 2.62. The molecule has 1 N–H and O–H groups in total. The Balaban J connectivity index is 0. The van der Waals surface area contributed by atoms with Gasteiger partial charge < -0.3 is 5.11 Å². The Kier molecular flexibility index (Phi) is 16.5. The molecular weight excluding hydrogens is 432 g/mol. The number of aliphatic hydroxyl groups is 1. The molecule has 0 aliphatic rings. The van der Waals surface area contributed by atoms with Gasteiger partial charge in [-0.05, 0) is 37.8 Å². The molecule has 0 heterocycles. The van der Waals surface area contributed by atoms with Gasteiger partial charge in [0, 0.05) is 36.5 Å². The monoisotopic (exact) mass is 471 g/mol. The van der Waals surface area contributed by atoms with Gasteiger partial charge in [-0.2, -0.15) is 24.6 Å². The van der Waals surface area contributed by atoms with Gasteiger partial charge in [-0.25, -0.2) is 4.99 Å². The molecule has 4 heteroatoms. The summed E-state index contributed by atoms with van der Waals surface area (Å²) in [6.07, 6.45) is 0. The summed E-state index contributed by atoms with van der Waals surface area (Å²) in [7, 11) is 0.120. The third-order valence-corrected chi connectivity index (χ3v) is 3.88. The first-order valence-electron chi connectivity index (χ1n) is 10.2. The molecule has 0 saturated carbocycles. The van der Waals surface area contributed by atoms with Crippen LogP contribution in [0.15, 0.2) is 65.9 Å². The van der Waals surface area contributed by atoms with E-state index in [9.17, 15) is 5.11 Å². The van der Waals surface area contributed by atoms with Crippen LogP contribution < -0.4 is 0 Å². The van der Waals surface area contributed by atoms with Crippen molar-refractivity contribution in [2.45, 2.75) is 46.5 Å². The fourth-order valence-corrected chi connectivity index (χ4v) is 2.35. The van der Waals surface area contributed by atoms with E-state index >= 15 is 0 Å². The van der Waals surface area contributed by atoms with Crippen LogP contribution in [-0.2, 0) is 16.5 Å². The minimum Gasteiger partial charge on any atom is -0.507 e. The van der Waals surface area contributed by atoms with Crippen molar-refractivity contribution in [3.63, 3.8) is 0 Å². The number of rotatable bonds is 4. The third kappa shape index (κ3) is 12.9. The number of benzene rings is 2. The van der Waals surface area contributed by atoms with Crippen molar-refractivity contribution in [3.05, 3.63) is 84.5 Å². The number of nitrogens with zero attached hydrogens (tertiary/aromatic N) is 1. The number of hydrogen-bond acceptors (Lipinski definition) is 2. The van der Waals surface area contributed by atoms with Crippen molar-refractivity contribution in [1.82, 2.24) is 0 Å². The first-order valence-corrected chi connectivity index (χ1v) is 13.2. The van der Waals surface area contributed by atoms with Gasteiger partial charge in [0.05, 0.1) is 11.4 Å². The SMILES string of the molecule is C=C(O)C(C)=Nc1c(C(C)C)cccc1C(C)C.C[PH+](C)C.[CH2-]c1ccccc1.[Ni]. The topological polar surface area (TPSA) is 32.6 Å². The van der Waals surface area contributed by atoms with Crippen LogP contribution in [-0.4, -0.2) is 30.8 Å². The second kappa shape index (κ2) is 16.2. The maximum Gasteiger partial charge on any atom is 0.129 e. The Morgan fingerprint density at radius 2 is 1.30 bits per heavy atom. The zero-order valence-electron chi connectivity index (χ0n) is 19.9. The van der Waals surface area contributed by atoms with E-state index in [2.05, 4.69) is 84.4 Å². The summed E-state index contributed by atoms with van der Waals surface area (Å²) in [6.45, 7) is 24.4. The molecule has 0 bridgehead atoms. The molecule has 0 aromatic heterocycles. The molecule has 2 nitrogen and oxygen atoms in total.